The summed E-state index contributed by atoms with van der Waals surface area (Å²) in [6.45, 7) is 14.8. The standard InChI is InChI=1S/C32H43N3O9/c1-9-42-28(37)24-16-20(2)33-26(24)18-23-22-17-21(10-11-25(22)34-27(23)36)19-41-15-14-40-13-12-35(29(38)43-31(3,4)5)30(39)44-32(6,7)8/h10-11,16-18,33H,9,12-15,19H2,1-8H3,(H,34,36)/b23-18-. The van der Waals surface area contributed by atoms with E-state index in [0.717, 1.165) is 16.2 Å². The number of nitrogens with zero attached hydrogens (tertiary/aromatic N) is 1. The molecule has 3 amide bonds. The van der Waals surface area contributed by atoms with E-state index < -0.39 is 29.4 Å². The summed E-state index contributed by atoms with van der Waals surface area (Å²) in [6.07, 6.45) is 0.0257. The average Bonchev–Trinajstić information content (AvgIpc) is 3.42. The van der Waals surface area contributed by atoms with Crippen LogP contribution < -0.4 is 5.32 Å². The van der Waals surface area contributed by atoms with Gasteiger partial charge in [-0.05, 0) is 85.2 Å². The van der Waals surface area contributed by atoms with Gasteiger partial charge in [0.25, 0.3) is 5.91 Å². The Morgan fingerprint density at radius 3 is 2.16 bits per heavy atom. The first-order valence-electron chi connectivity index (χ1n) is 14.5. The van der Waals surface area contributed by atoms with E-state index in [1.165, 1.54) is 0 Å². The molecule has 12 nitrogen and oxygen atoms in total. The van der Waals surface area contributed by atoms with Crippen LogP contribution in [0.25, 0.3) is 11.6 Å². The Kier molecular flexibility index (Phi) is 11.3. The fraction of sp³-hybridized carbons (Fsp3) is 0.500. The molecule has 1 aliphatic rings. The van der Waals surface area contributed by atoms with Crippen molar-refractivity contribution in [1.82, 2.24) is 9.88 Å². The highest BCUT2D eigenvalue weighted by Gasteiger charge is 2.31. The molecule has 2 heterocycles. The molecule has 12 heteroatoms. The van der Waals surface area contributed by atoms with Crippen molar-refractivity contribution in [2.24, 2.45) is 0 Å². The van der Waals surface area contributed by atoms with E-state index >= 15 is 0 Å². The van der Waals surface area contributed by atoms with Crippen LogP contribution in [0.5, 0.6) is 0 Å². The number of hydrogen-bond acceptors (Lipinski definition) is 9. The van der Waals surface area contributed by atoms with Crippen LogP contribution in [-0.4, -0.2) is 78.1 Å². The molecule has 0 unspecified atom stereocenters. The van der Waals surface area contributed by atoms with E-state index in [4.69, 9.17) is 23.7 Å². The Morgan fingerprint density at radius 1 is 0.909 bits per heavy atom. The minimum Gasteiger partial charge on any atom is -0.462 e. The number of carbonyl (C=O) groups is 4. The quantitative estimate of drug-likeness (QED) is 0.141. The zero-order valence-electron chi connectivity index (χ0n) is 26.8. The summed E-state index contributed by atoms with van der Waals surface area (Å²) in [4.78, 5) is 54.3. The SMILES string of the molecule is CCOC(=O)c1cc(C)[nH]c1/C=C1\C(=O)Nc2ccc(COCCOCCN(C(=O)OC(C)(C)C)C(=O)OC(C)(C)C)cc21. The van der Waals surface area contributed by atoms with Gasteiger partial charge in [0.05, 0.1) is 56.4 Å². The Labute approximate surface area is 258 Å². The maximum absolute atomic E-state index is 12.8. The van der Waals surface area contributed by atoms with E-state index in [1.54, 1.807) is 66.7 Å². The summed E-state index contributed by atoms with van der Waals surface area (Å²) in [5.74, 6) is -0.741. The van der Waals surface area contributed by atoms with Crippen LogP contribution in [0.3, 0.4) is 0 Å². The summed E-state index contributed by atoms with van der Waals surface area (Å²) < 4.78 is 27.2. The lowest BCUT2D eigenvalue weighted by molar-refractivity contribution is -0.110. The number of hydrogen-bond donors (Lipinski definition) is 2. The Balaban J connectivity index is 1.55. The third-order valence-electron chi connectivity index (χ3n) is 5.96. The molecule has 0 radical (unpaired) electrons. The lowest BCUT2D eigenvalue weighted by atomic mass is 10.0. The molecule has 0 fully saturated rings. The van der Waals surface area contributed by atoms with Gasteiger partial charge in [-0.2, -0.15) is 0 Å². The first kappa shape index (κ1) is 34.3. The van der Waals surface area contributed by atoms with Crippen LogP contribution in [0.15, 0.2) is 24.3 Å². The minimum absolute atomic E-state index is 0.0526. The van der Waals surface area contributed by atoms with Crippen molar-refractivity contribution in [2.75, 3.05) is 38.3 Å². The van der Waals surface area contributed by atoms with Crippen molar-refractivity contribution in [3.8, 4) is 0 Å². The number of esters is 1. The molecule has 240 valence electrons. The van der Waals surface area contributed by atoms with Crippen molar-refractivity contribution >= 4 is 41.4 Å². The van der Waals surface area contributed by atoms with Gasteiger partial charge < -0.3 is 34.0 Å². The molecule has 0 aliphatic carbocycles. The smallest absolute Gasteiger partial charge is 0.419 e. The molecule has 2 N–H and O–H groups in total. The van der Waals surface area contributed by atoms with Gasteiger partial charge in [-0.15, -0.1) is 0 Å². The minimum atomic E-state index is -0.812. The van der Waals surface area contributed by atoms with Crippen molar-refractivity contribution < 1.29 is 42.9 Å². The summed E-state index contributed by atoms with van der Waals surface area (Å²) in [7, 11) is 0. The molecule has 3 rings (SSSR count). The second-order valence-electron chi connectivity index (χ2n) is 12.2. The predicted molar refractivity (Wildman–Crippen MR) is 164 cm³/mol. The number of amides is 3. The molecule has 0 atom stereocenters. The van der Waals surface area contributed by atoms with Gasteiger partial charge in [0.1, 0.15) is 11.2 Å². The summed E-state index contributed by atoms with van der Waals surface area (Å²) in [5, 5.41) is 2.85. The summed E-state index contributed by atoms with van der Waals surface area (Å²) in [5.41, 5.74) is 2.66. The van der Waals surface area contributed by atoms with E-state index in [1.807, 2.05) is 19.1 Å². The molecule has 1 aromatic heterocycles. The largest absolute Gasteiger partial charge is 0.462 e. The highest BCUT2D eigenvalue weighted by Crippen LogP contribution is 2.34. The summed E-state index contributed by atoms with van der Waals surface area (Å²) >= 11 is 0. The Bertz CT molecular complexity index is 1370. The number of aromatic amines is 1. The van der Waals surface area contributed by atoms with Crippen molar-refractivity contribution in [3.05, 3.63) is 52.3 Å². The monoisotopic (exact) mass is 613 g/mol. The van der Waals surface area contributed by atoms with Gasteiger partial charge in [-0.25, -0.2) is 19.3 Å². The lowest BCUT2D eigenvalue weighted by Crippen LogP contribution is -2.45. The van der Waals surface area contributed by atoms with Gasteiger partial charge in [0.15, 0.2) is 0 Å². The van der Waals surface area contributed by atoms with Gasteiger partial charge >= 0.3 is 18.2 Å². The molecule has 0 saturated carbocycles. The number of anilines is 1. The van der Waals surface area contributed by atoms with Gasteiger partial charge in [-0.1, -0.05) is 6.07 Å². The maximum atomic E-state index is 12.8. The van der Waals surface area contributed by atoms with Crippen molar-refractivity contribution in [1.29, 1.82) is 0 Å². The van der Waals surface area contributed by atoms with Crippen LogP contribution in [0.2, 0.25) is 0 Å². The molecule has 1 aromatic carbocycles. The average molecular weight is 614 g/mol. The van der Waals surface area contributed by atoms with Crippen molar-refractivity contribution in [3.63, 3.8) is 0 Å². The Hall–Kier alpha value is -4.16. The number of imide groups is 1. The van der Waals surface area contributed by atoms with Crippen molar-refractivity contribution in [2.45, 2.75) is 73.2 Å². The van der Waals surface area contributed by atoms with Crippen LogP contribution in [0.1, 0.15) is 81.3 Å². The van der Waals surface area contributed by atoms with Crippen LogP contribution in [0.4, 0.5) is 15.3 Å². The molecular weight excluding hydrogens is 570 g/mol. The van der Waals surface area contributed by atoms with E-state index in [2.05, 4.69) is 10.3 Å². The zero-order chi connectivity index (χ0) is 32.7. The second-order valence-corrected chi connectivity index (χ2v) is 12.2. The number of carbonyl (C=O) groups excluding carboxylic acids is 4. The predicted octanol–water partition coefficient (Wildman–Crippen LogP) is 5.70. The fourth-order valence-corrected chi connectivity index (χ4v) is 4.17. The maximum Gasteiger partial charge on any atom is 0.419 e. The van der Waals surface area contributed by atoms with E-state index in [9.17, 15) is 19.2 Å². The van der Waals surface area contributed by atoms with Crippen LogP contribution in [0, 0.1) is 6.92 Å². The molecule has 0 spiro atoms. The highest BCUT2D eigenvalue weighted by molar-refractivity contribution is 6.35. The molecule has 44 heavy (non-hydrogen) atoms. The lowest BCUT2D eigenvalue weighted by Gasteiger charge is -2.28. The highest BCUT2D eigenvalue weighted by atomic mass is 16.6. The number of aryl methyl sites for hydroxylation is 1. The van der Waals surface area contributed by atoms with Gasteiger partial charge in [0, 0.05) is 16.9 Å². The summed E-state index contributed by atoms with van der Waals surface area (Å²) in [6, 6.07) is 7.21. The number of ether oxygens (including phenoxy) is 5. The molecular formula is C32H43N3O9. The number of H-pyrrole nitrogens is 1. The van der Waals surface area contributed by atoms with E-state index in [-0.39, 0.29) is 45.5 Å². The number of fused-ring (bicyclic) bond motifs is 1. The van der Waals surface area contributed by atoms with Crippen LogP contribution >= 0.6 is 0 Å². The normalized spacial score (nSPS) is 13.8. The van der Waals surface area contributed by atoms with Crippen LogP contribution in [-0.2, 0) is 35.1 Å². The topological polar surface area (TPSA) is 145 Å². The first-order valence-corrected chi connectivity index (χ1v) is 14.5. The molecule has 1 aliphatic heterocycles. The molecule has 0 bridgehead atoms. The number of rotatable bonds is 11. The zero-order valence-corrected chi connectivity index (χ0v) is 26.8. The second kappa shape index (κ2) is 14.5. The fourth-order valence-electron chi connectivity index (χ4n) is 4.17. The Morgan fingerprint density at radius 2 is 1.55 bits per heavy atom. The number of nitrogens with one attached hydrogen (secondary N) is 2. The molecule has 2 aromatic rings. The third-order valence-corrected chi connectivity index (χ3v) is 5.96. The number of aromatic nitrogens is 1. The first-order chi connectivity index (χ1) is 20.6. The number of benzene rings is 1. The molecule has 0 saturated heterocycles. The van der Waals surface area contributed by atoms with Gasteiger partial charge in [0.2, 0.25) is 0 Å². The van der Waals surface area contributed by atoms with Gasteiger partial charge in [-0.3, -0.25) is 4.79 Å². The third kappa shape index (κ3) is 9.95. The van der Waals surface area contributed by atoms with E-state index in [0.29, 0.717) is 28.1 Å².